The zero-order chi connectivity index (χ0) is 20.4. The van der Waals surface area contributed by atoms with Crippen molar-refractivity contribution in [2.45, 2.75) is 39.5 Å². The van der Waals surface area contributed by atoms with Crippen molar-refractivity contribution in [3.63, 3.8) is 0 Å². The van der Waals surface area contributed by atoms with E-state index in [1.807, 2.05) is 30.5 Å². The molecule has 0 radical (unpaired) electrons. The van der Waals surface area contributed by atoms with Gasteiger partial charge in [-0.3, -0.25) is 9.47 Å². The second-order valence-electron chi connectivity index (χ2n) is 7.79. The third-order valence-electron chi connectivity index (χ3n) is 5.39. The van der Waals surface area contributed by atoms with Gasteiger partial charge in [0, 0.05) is 39.3 Å². The minimum absolute atomic E-state index is 0.0919. The van der Waals surface area contributed by atoms with E-state index >= 15 is 0 Å². The monoisotopic (exact) mass is 402 g/mol. The van der Waals surface area contributed by atoms with Crippen molar-refractivity contribution in [3.05, 3.63) is 22.6 Å². The SMILES string of the molecule is CC(C)OCCCn1c(N)nc2cc3[nH]c(=O)n(CCN4CCOCC4)c3cc21. The molecule has 0 bridgehead atoms. The average Bonchev–Trinajstić information content (AvgIpc) is 3.17. The van der Waals surface area contributed by atoms with Gasteiger partial charge in [-0.2, -0.15) is 0 Å². The first-order valence-electron chi connectivity index (χ1n) is 10.3. The number of hydrogen-bond acceptors (Lipinski definition) is 6. The van der Waals surface area contributed by atoms with Crippen LogP contribution in [0.4, 0.5) is 5.95 Å². The van der Waals surface area contributed by atoms with E-state index in [0.29, 0.717) is 19.1 Å². The molecule has 29 heavy (non-hydrogen) atoms. The highest BCUT2D eigenvalue weighted by Gasteiger charge is 2.15. The Bertz CT molecular complexity index is 1030. The van der Waals surface area contributed by atoms with E-state index in [1.165, 1.54) is 0 Å². The van der Waals surface area contributed by atoms with Gasteiger partial charge in [0.15, 0.2) is 0 Å². The van der Waals surface area contributed by atoms with Gasteiger partial charge >= 0.3 is 5.69 Å². The minimum Gasteiger partial charge on any atom is -0.379 e. The number of anilines is 1. The lowest BCUT2D eigenvalue weighted by molar-refractivity contribution is 0.0364. The molecule has 3 N–H and O–H groups in total. The van der Waals surface area contributed by atoms with Crippen molar-refractivity contribution in [1.29, 1.82) is 0 Å². The Hall–Kier alpha value is -2.36. The molecule has 1 fully saturated rings. The molecule has 1 aliphatic rings. The number of aromatic nitrogens is 4. The van der Waals surface area contributed by atoms with Gasteiger partial charge in [0.25, 0.3) is 0 Å². The molecule has 1 aliphatic heterocycles. The number of ether oxygens (including phenoxy) is 2. The van der Waals surface area contributed by atoms with Crippen molar-refractivity contribution in [2.75, 3.05) is 45.2 Å². The first-order chi connectivity index (χ1) is 14.0. The van der Waals surface area contributed by atoms with Gasteiger partial charge in [0.2, 0.25) is 5.95 Å². The van der Waals surface area contributed by atoms with Crippen molar-refractivity contribution in [3.8, 4) is 0 Å². The Kier molecular flexibility index (Phi) is 5.89. The van der Waals surface area contributed by atoms with E-state index in [2.05, 4.69) is 14.9 Å². The highest BCUT2D eigenvalue weighted by Crippen LogP contribution is 2.23. The lowest BCUT2D eigenvalue weighted by atomic mass is 10.2. The number of benzene rings is 1. The lowest BCUT2D eigenvalue weighted by Crippen LogP contribution is -2.39. The number of H-pyrrole nitrogens is 1. The van der Waals surface area contributed by atoms with E-state index in [4.69, 9.17) is 15.2 Å². The van der Waals surface area contributed by atoms with Crippen LogP contribution >= 0.6 is 0 Å². The summed E-state index contributed by atoms with van der Waals surface area (Å²) in [6, 6.07) is 3.93. The fraction of sp³-hybridized carbons (Fsp3) is 0.600. The third-order valence-corrected chi connectivity index (χ3v) is 5.39. The topological polar surface area (TPSA) is 103 Å². The maximum absolute atomic E-state index is 12.5. The van der Waals surface area contributed by atoms with Crippen LogP contribution in [0.25, 0.3) is 22.1 Å². The van der Waals surface area contributed by atoms with Crippen LogP contribution in [-0.4, -0.2) is 69.6 Å². The van der Waals surface area contributed by atoms with E-state index in [-0.39, 0.29) is 11.8 Å². The van der Waals surface area contributed by atoms with Crippen LogP contribution < -0.4 is 11.4 Å². The smallest absolute Gasteiger partial charge is 0.326 e. The van der Waals surface area contributed by atoms with Crippen LogP contribution in [0.1, 0.15) is 20.3 Å². The van der Waals surface area contributed by atoms with Gasteiger partial charge in [0.1, 0.15) is 0 Å². The first kappa shape index (κ1) is 19.9. The molecule has 9 nitrogen and oxygen atoms in total. The van der Waals surface area contributed by atoms with E-state index in [1.54, 1.807) is 4.57 Å². The Morgan fingerprint density at radius 3 is 2.72 bits per heavy atom. The zero-order valence-corrected chi connectivity index (χ0v) is 17.2. The van der Waals surface area contributed by atoms with Gasteiger partial charge < -0.3 is 24.8 Å². The van der Waals surface area contributed by atoms with Crippen molar-refractivity contribution < 1.29 is 9.47 Å². The normalized spacial score (nSPS) is 15.8. The summed E-state index contributed by atoms with van der Waals surface area (Å²) in [5.41, 5.74) is 9.48. The fourth-order valence-electron chi connectivity index (χ4n) is 3.86. The van der Waals surface area contributed by atoms with Crippen LogP contribution in [0.5, 0.6) is 0 Å². The molecule has 0 unspecified atom stereocenters. The summed E-state index contributed by atoms with van der Waals surface area (Å²) >= 11 is 0. The minimum atomic E-state index is -0.0919. The number of aryl methyl sites for hydroxylation is 1. The molecular weight excluding hydrogens is 372 g/mol. The molecule has 9 heteroatoms. The van der Waals surface area contributed by atoms with Crippen LogP contribution in [-0.2, 0) is 22.6 Å². The number of hydrogen-bond donors (Lipinski definition) is 2. The van der Waals surface area contributed by atoms with E-state index in [0.717, 1.165) is 67.9 Å². The van der Waals surface area contributed by atoms with Crippen LogP contribution in [0, 0.1) is 0 Å². The highest BCUT2D eigenvalue weighted by molar-refractivity contribution is 5.92. The summed E-state index contributed by atoms with van der Waals surface area (Å²) in [6.45, 7) is 10.2. The molecular formula is C20H30N6O3. The Labute approximate surface area is 169 Å². The molecule has 4 rings (SSSR count). The summed E-state index contributed by atoms with van der Waals surface area (Å²) in [7, 11) is 0. The number of nitrogens with two attached hydrogens (primary N) is 1. The molecule has 3 aromatic rings. The Balaban J connectivity index is 1.59. The predicted molar refractivity (Wildman–Crippen MR) is 113 cm³/mol. The third kappa shape index (κ3) is 4.31. The second kappa shape index (κ2) is 8.56. The van der Waals surface area contributed by atoms with Crippen LogP contribution in [0.15, 0.2) is 16.9 Å². The Morgan fingerprint density at radius 2 is 1.97 bits per heavy atom. The molecule has 0 aliphatic carbocycles. The molecule has 2 aromatic heterocycles. The molecule has 1 aromatic carbocycles. The molecule has 0 saturated carbocycles. The number of rotatable bonds is 8. The van der Waals surface area contributed by atoms with Crippen molar-refractivity contribution in [2.24, 2.45) is 0 Å². The standard InChI is InChI=1S/C20H30N6O3/c1-14(2)29-9-3-4-25-17-13-18-16(12-15(17)22-19(25)21)23-20(27)26(18)6-5-24-7-10-28-11-8-24/h12-14H,3-11H2,1-2H3,(H2,21,22)(H,23,27). The highest BCUT2D eigenvalue weighted by atomic mass is 16.5. The number of fused-ring (bicyclic) bond motifs is 2. The number of imidazole rings is 2. The van der Waals surface area contributed by atoms with E-state index < -0.39 is 0 Å². The fourth-order valence-corrected chi connectivity index (χ4v) is 3.86. The average molecular weight is 402 g/mol. The molecule has 0 spiro atoms. The number of aromatic amines is 1. The van der Waals surface area contributed by atoms with Crippen LogP contribution in [0.2, 0.25) is 0 Å². The van der Waals surface area contributed by atoms with Gasteiger partial charge in [-0.05, 0) is 32.4 Å². The van der Waals surface area contributed by atoms with Crippen molar-refractivity contribution in [1.82, 2.24) is 24.0 Å². The summed E-state index contributed by atoms with van der Waals surface area (Å²) < 4.78 is 14.8. The maximum Gasteiger partial charge on any atom is 0.326 e. The molecule has 3 heterocycles. The summed E-state index contributed by atoms with van der Waals surface area (Å²) in [5.74, 6) is 0.486. The molecule has 0 amide bonds. The number of morpholine rings is 1. The molecule has 158 valence electrons. The predicted octanol–water partition coefficient (Wildman–Crippen LogP) is 1.41. The number of nitrogen functional groups attached to an aromatic ring is 1. The first-order valence-corrected chi connectivity index (χ1v) is 10.3. The lowest BCUT2D eigenvalue weighted by Gasteiger charge is -2.26. The Morgan fingerprint density at radius 1 is 1.17 bits per heavy atom. The zero-order valence-electron chi connectivity index (χ0n) is 17.2. The summed E-state index contributed by atoms with van der Waals surface area (Å²) in [6.07, 6.45) is 1.07. The quantitative estimate of drug-likeness (QED) is 0.552. The van der Waals surface area contributed by atoms with E-state index in [9.17, 15) is 4.79 Å². The van der Waals surface area contributed by atoms with Gasteiger partial charge in [-0.15, -0.1) is 0 Å². The van der Waals surface area contributed by atoms with Crippen molar-refractivity contribution >= 4 is 28.0 Å². The molecule has 0 atom stereocenters. The largest absolute Gasteiger partial charge is 0.379 e. The van der Waals surface area contributed by atoms with Gasteiger partial charge in [-0.1, -0.05) is 0 Å². The number of nitrogens with one attached hydrogen (secondary N) is 1. The van der Waals surface area contributed by atoms with Gasteiger partial charge in [-0.25, -0.2) is 9.78 Å². The maximum atomic E-state index is 12.5. The van der Waals surface area contributed by atoms with Crippen LogP contribution in [0.3, 0.4) is 0 Å². The summed E-state index contributed by atoms with van der Waals surface area (Å²) in [4.78, 5) is 22.3. The van der Waals surface area contributed by atoms with Gasteiger partial charge in [0.05, 0.1) is 41.4 Å². The molecule has 1 saturated heterocycles. The summed E-state index contributed by atoms with van der Waals surface area (Å²) in [5, 5.41) is 0. The number of nitrogens with zero attached hydrogens (tertiary/aromatic N) is 4. The second-order valence-corrected chi connectivity index (χ2v) is 7.79.